The molecule has 1 N–H and O–H groups in total. The largest absolute Gasteiger partial charge is 0.493 e. The van der Waals surface area contributed by atoms with Crippen LogP contribution in [0.2, 0.25) is 5.02 Å². The fraction of sp³-hybridized carbons (Fsp3) is 0.429. The van der Waals surface area contributed by atoms with Gasteiger partial charge in [-0.05, 0) is 26.0 Å². The minimum atomic E-state index is -0.0976. The van der Waals surface area contributed by atoms with Gasteiger partial charge in [0.2, 0.25) is 5.91 Å². The molecule has 0 unspecified atom stereocenters. The summed E-state index contributed by atoms with van der Waals surface area (Å²) in [6, 6.07) is 3.11. The van der Waals surface area contributed by atoms with Gasteiger partial charge in [-0.1, -0.05) is 11.6 Å². The predicted octanol–water partition coefficient (Wildman–Crippen LogP) is 2.45. The van der Waals surface area contributed by atoms with Crippen LogP contribution < -0.4 is 14.8 Å². The number of methoxy groups -OCH3 is 1. The van der Waals surface area contributed by atoms with Crippen LogP contribution in [0.1, 0.15) is 30.6 Å². The third-order valence-electron chi connectivity index (χ3n) is 2.41. The van der Waals surface area contributed by atoms with E-state index in [4.69, 9.17) is 21.1 Å². The Labute approximate surface area is 123 Å². The Kier molecular flexibility index (Phi) is 6.31. The number of hydrogen-bond acceptors (Lipinski definition) is 4. The molecule has 0 fully saturated rings. The Morgan fingerprint density at radius 3 is 2.70 bits per heavy atom. The summed E-state index contributed by atoms with van der Waals surface area (Å²) in [6.07, 6.45) is 0.890. The van der Waals surface area contributed by atoms with Gasteiger partial charge < -0.3 is 14.8 Å². The normalized spacial score (nSPS) is 10.2. The van der Waals surface area contributed by atoms with Gasteiger partial charge in [0.05, 0.1) is 25.2 Å². The molecule has 0 bridgehead atoms. The summed E-state index contributed by atoms with van der Waals surface area (Å²) in [5.41, 5.74) is 0.400. The molecule has 1 rings (SSSR count). The van der Waals surface area contributed by atoms with Crippen LogP contribution in [0.3, 0.4) is 0 Å². The van der Waals surface area contributed by atoms with Crippen molar-refractivity contribution >= 4 is 23.8 Å². The first-order chi connectivity index (χ1) is 9.47. The molecule has 20 heavy (non-hydrogen) atoms. The maximum absolute atomic E-state index is 11.5. The van der Waals surface area contributed by atoms with Crippen LogP contribution in [0.4, 0.5) is 0 Å². The number of carbonyl (C=O) groups excluding carboxylic acids is 2. The van der Waals surface area contributed by atoms with Crippen molar-refractivity contribution < 1.29 is 19.1 Å². The lowest BCUT2D eigenvalue weighted by Crippen LogP contribution is -2.31. The van der Waals surface area contributed by atoms with Crippen molar-refractivity contribution in [1.29, 1.82) is 0 Å². The zero-order valence-electron chi connectivity index (χ0n) is 11.7. The Balaban J connectivity index is 2.68. The van der Waals surface area contributed by atoms with Gasteiger partial charge in [0.25, 0.3) is 0 Å². The molecule has 6 heteroatoms. The van der Waals surface area contributed by atoms with Gasteiger partial charge in [0.1, 0.15) is 6.29 Å². The van der Waals surface area contributed by atoms with Crippen LogP contribution in [0.25, 0.3) is 0 Å². The van der Waals surface area contributed by atoms with Gasteiger partial charge in [-0.3, -0.25) is 9.59 Å². The van der Waals surface area contributed by atoms with Gasteiger partial charge in [0.15, 0.2) is 11.5 Å². The molecule has 0 heterocycles. The zero-order chi connectivity index (χ0) is 15.1. The summed E-state index contributed by atoms with van der Waals surface area (Å²) in [6.45, 7) is 3.95. The number of hydrogen-bond donors (Lipinski definition) is 1. The Morgan fingerprint density at radius 1 is 1.45 bits per heavy atom. The second-order valence-electron chi connectivity index (χ2n) is 4.47. The molecule has 0 aliphatic heterocycles. The monoisotopic (exact) mass is 299 g/mol. The molecule has 1 amide bonds. The van der Waals surface area contributed by atoms with Crippen LogP contribution in [0.15, 0.2) is 12.1 Å². The fourth-order valence-corrected chi connectivity index (χ4v) is 1.86. The quantitative estimate of drug-likeness (QED) is 0.786. The van der Waals surface area contributed by atoms with Crippen molar-refractivity contribution in [2.24, 2.45) is 0 Å². The highest BCUT2D eigenvalue weighted by Crippen LogP contribution is 2.36. The number of aldehydes is 1. The van der Waals surface area contributed by atoms with Gasteiger partial charge in [-0.25, -0.2) is 0 Å². The second kappa shape index (κ2) is 7.75. The SMILES string of the molecule is COc1cc(C=O)cc(Cl)c1OCCC(=O)NC(C)C. The standard InChI is InChI=1S/C14H18ClNO4/c1-9(2)16-13(18)4-5-20-14-11(15)6-10(8-17)7-12(14)19-3/h6-9H,4-5H2,1-3H3,(H,16,18). The average Bonchev–Trinajstić information content (AvgIpc) is 2.39. The molecular formula is C14H18ClNO4. The number of nitrogens with one attached hydrogen (secondary N) is 1. The number of carbonyl (C=O) groups is 2. The van der Waals surface area contributed by atoms with Gasteiger partial charge in [0, 0.05) is 11.6 Å². The topological polar surface area (TPSA) is 64.6 Å². The van der Waals surface area contributed by atoms with E-state index >= 15 is 0 Å². The van der Waals surface area contributed by atoms with E-state index in [0.29, 0.717) is 23.3 Å². The van der Waals surface area contributed by atoms with Gasteiger partial charge in [-0.2, -0.15) is 0 Å². The van der Waals surface area contributed by atoms with E-state index in [1.54, 1.807) is 0 Å². The van der Waals surface area contributed by atoms with Gasteiger partial charge >= 0.3 is 0 Å². The third kappa shape index (κ3) is 4.74. The molecular weight excluding hydrogens is 282 g/mol. The summed E-state index contributed by atoms with van der Waals surface area (Å²) < 4.78 is 10.6. The van der Waals surface area contributed by atoms with Crippen LogP contribution >= 0.6 is 11.6 Å². The molecule has 0 saturated heterocycles. The summed E-state index contributed by atoms with van der Waals surface area (Å²) in [5.74, 6) is 0.598. The van der Waals surface area contributed by atoms with Crippen LogP contribution in [0.5, 0.6) is 11.5 Å². The minimum absolute atomic E-state index is 0.0903. The van der Waals surface area contributed by atoms with E-state index in [2.05, 4.69) is 5.32 Å². The van der Waals surface area contributed by atoms with Crippen molar-refractivity contribution in [3.8, 4) is 11.5 Å². The van der Waals surface area contributed by atoms with E-state index in [9.17, 15) is 9.59 Å². The first-order valence-corrected chi connectivity index (χ1v) is 6.60. The molecule has 0 spiro atoms. The Morgan fingerprint density at radius 2 is 2.15 bits per heavy atom. The minimum Gasteiger partial charge on any atom is -0.493 e. The molecule has 110 valence electrons. The van der Waals surface area contributed by atoms with Crippen LogP contribution in [0, 0.1) is 0 Å². The van der Waals surface area contributed by atoms with Gasteiger partial charge in [-0.15, -0.1) is 0 Å². The van der Waals surface area contributed by atoms with Crippen molar-refractivity contribution in [3.63, 3.8) is 0 Å². The predicted molar refractivity (Wildman–Crippen MR) is 76.8 cm³/mol. The summed E-state index contributed by atoms with van der Waals surface area (Å²) in [5, 5.41) is 3.03. The molecule has 0 aliphatic carbocycles. The van der Waals surface area contributed by atoms with Crippen LogP contribution in [-0.2, 0) is 4.79 Å². The summed E-state index contributed by atoms with van der Waals surface area (Å²) in [7, 11) is 1.46. The smallest absolute Gasteiger partial charge is 0.223 e. The number of rotatable bonds is 7. The first kappa shape index (κ1) is 16.3. The molecule has 1 aromatic rings. The molecule has 0 saturated carbocycles. The molecule has 0 aromatic heterocycles. The molecule has 0 aliphatic rings. The van der Waals surface area contributed by atoms with Crippen molar-refractivity contribution in [3.05, 3.63) is 22.7 Å². The highest BCUT2D eigenvalue weighted by molar-refractivity contribution is 6.32. The van der Waals surface area contributed by atoms with E-state index in [0.717, 1.165) is 0 Å². The molecule has 5 nitrogen and oxygen atoms in total. The molecule has 1 aromatic carbocycles. The lowest BCUT2D eigenvalue weighted by Gasteiger charge is -2.13. The first-order valence-electron chi connectivity index (χ1n) is 6.22. The van der Waals surface area contributed by atoms with E-state index in [1.165, 1.54) is 19.2 Å². The number of halogens is 1. The Bertz CT molecular complexity index is 488. The fourth-order valence-electron chi connectivity index (χ4n) is 1.59. The lowest BCUT2D eigenvalue weighted by molar-refractivity contribution is -0.122. The van der Waals surface area contributed by atoms with E-state index in [1.807, 2.05) is 13.8 Å². The van der Waals surface area contributed by atoms with E-state index in [-0.39, 0.29) is 30.0 Å². The summed E-state index contributed by atoms with van der Waals surface area (Å²) >= 11 is 6.03. The number of amides is 1. The molecule has 0 atom stereocenters. The van der Waals surface area contributed by atoms with Crippen LogP contribution in [-0.4, -0.2) is 32.0 Å². The van der Waals surface area contributed by atoms with Crippen molar-refractivity contribution in [2.45, 2.75) is 26.3 Å². The average molecular weight is 300 g/mol. The van der Waals surface area contributed by atoms with E-state index < -0.39 is 0 Å². The summed E-state index contributed by atoms with van der Waals surface area (Å²) in [4.78, 5) is 22.2. The highest BCUT2D eigenvalue weighted by atomic mass is 35.5. The highest BCUT2D eigenvalue weighted by Gasteiger charge is 2.12. The number of ether oxygens (including phenoxy) is 2. The second-order valence-corrected chi connectivity index (χ2v) is 4.88. The lowest BCUT2D eigenvalue weighted by atomic mass is 10.2. The van der Waals surface area contributed by atoms with Crippen molar-refractivity contribution in [2.75, 3.05) is 13.7 Å². The Hall–Kier alpha value is -1.75. The maximum atomic E-state index is 11.5. The zero-order valence-corrected chi connectivity index (χ0v) is 12.5. The van der Waals surface area contributed by atoms with Crippen molar-refractivity contribution in [1.82, 2.24) is 5.32 Å². The maximum Gasteiger partial charge on any atom is 0.223 e. The molecule has 0 radical (unpaired) electrons. The number of benzene rings is 1. The third-order valence-corrected chi connectivity index (χ3v) is 2.69.